The Morgan fingerprint density at radius 3 is 2.70 bits per heavy atom. The van der Waals surface area contributed by atoms with Gasteiger partial charge in [0.1, 0.15) is 11.6 Å². The van der Waals surface area contributed by atoms with E-state index in [9.17, 15) is 19.3 Å². The Balaban J connectivity index is 2.52. The summed E-state index contributed by atoms with van der Waals surface area (Å²) in [6.45, 7) is 1.27. The van der Waals surface area contributed by atoms with Gasteiger partial charge in [0, 0.05) is 19.2 Å². The summed E-state index contributed by atoms with van der Waals surface area (Å²) in [7, 11) is 0. The second-order valence-corrected chi connectivity index (χ2v) is 3.96. The third-order valence-corrected chi connectivity index (χ3v) is 2.55. The fourth-order valence-corrected chi connectivity index (χ4v) is 1.73. The van der Waals surface area contributed by atoms with Crippen molar-refractivity contribution in [2.24, 2.45) is 0 Å². The van der Waals surface area contributed by atoms with Crippen molar-refractivity contribution in [3.63, 3.8) is 0 Å². The SMILES string of the molecule is CC(=O)N(c1cccc(F)c1)c1cc([N+](=O)[O-])ccn1. The highest BCUT2D eigenvalue weighted by Gasteiger charge is 2.18. The van der Waals surface area contributed by atoms with E-state index in [2.05, 4.69) is 4.98 Å². The molecule has 0 radical (unpaired) electrons. The Kier molecular flexibility index (Phi) is 3.69. The first-order chi connectivity index (χ1) is 9.49. The summed E-state index contributed by atoms with van der Waals surface area (Å²) in [5, 5.41) is 10.8. The molecule has 2 aromatic rings. The molecule has 1 aromatic carbocycles. The molecule has 0 N–H and O–H groups in total. The van der Waals surface area contributed by atoms with Gasteiger partial charge in [0.2, 0.25) is 5.91 Å². The number of halogens is 1. The number of aromatic nitrogens is 1. The van der Waals surface area contributed by atoms with Crippen molar-refractivity contribution in [2.75, 3.05) is 4.90 Å². The van der Waals surface area contributed by atoms with Crippen LogP contribution >= 0.6 is 0 Å². The highest BCUT2D eigenvalue weighted by atomic mass is 19.1. The maximum atomic E-state index is 13.2. The molecule has 7 heteroatoms. The van der Waals surface area contributed by atoms with Crippen LogP contribution in [0.1, 0.15) is 6.92 Å². The number of amides is 1. The highest BCUT2D eigenvalue weighted by molar-refractivity contribution is 5.98. The monoisotopic (exact) mass is 275 g/mol. The summed E-state index contributed by atoms with van der Waals surface area (Å²) in [5.41, 5.74) is 0.0585. The van der Waals surface area contributed by atoms with Crippen molar-refractivity contribution < 1.29 is 14.1 Å². The van der Waals surface area contributed by atoms with Gasteiger partial charge in [-0.2, -0.15) is 0 Å². The van der Waals surface area contributed by atoms with E-state index in [1.165, 1.54) is 37.4 Å². The van der Waals surface area contributed by atoms with Crippen LogP contribution in [0.5, 0.6) is 0 Å². The van der Waals surface area contributed by atoms with Crippen LogP contribution in [0, 0.1) is 15.9 Å². The Morgan fingerprint density at radius 2 is 2.10 bits per heavy atom. The summed E-state index contributed by atoms with van der Waals surface area (Å²) in [5.74, 6) is -0.875. The smallest absolute Gasteiger partial charge is 0.274 e. The molecule has 1 aromatic heterocycles. The van der Waals surface area contributed by atoms with E-state index in [0.717, 1.165) is 17.0 Å². The lowest BCUT2D eigenvalue weighted by atomic mass is 10.2. The fraction of sp³-hybridized carbons (Fsp3) is 0.0769. The number of carbonyl (C=O) groups excluding carboxylic acids is 1. The molecule has 0 saturated carbocycles. The number of rotatable bonds is 3. The number of hydrogen-bond acceptors (Lipinski definition) is 4. The lowest BCUT2D eigenvalue weighted by Crippen LogP contribution is -2.23. The van der Waals surface area contributed by atoms with E-state index >= 15 is 0 Å². The molecule has 0 aliphatic heterocycles. The van der Waals surface area contributed by atoms with E-state index in [4.69, 9.17) is 0 Å². The predicted molar refractivity (Wildman–Crippen MR) is 70.1 cm³/mol. The van der Waals surface area contributed by atoms with Gasteiger partial charge in [-0.3, -0.25) is 19.8 Å². The molecule has 0 aliphatic carbocycles. The maximum absolute atomic E-state index is 13.2. The van der Waals surface area contributed by atoms with Gasteiger partial charge in [-0.15, -0.1) is 0 Å². The van der Waals surface area contributed by atoms with Crippen molar-refractivity contribution in [1.82, 2.24) is 4.98 Å². The summed E-state index contributed by atoms with van der Waals surface area (Å²) in [4.78, 5) is 26.9. The first-order valence-corrected chi connectivity index (χ1v) is 5.66. The van der Waals surface area contributed by atoms with Gasteiger partial charge in [0.05, 0.1) is 16.7 Å². The van der Waals surface area contributed by atoms with Crippen molar-refractivity contribution in [3.8, 4) is 0 Å². The number of benzene rings is 1. The van der Waals surface area contributed by atoms with Gasteiger partial charge in [-0.1, -0.05) is 6.07 Å². The molecule has 0 fully saturated rings. The van der Waals surface area contributed by atoms with Crippen LogP contribution in [0.2, 0.25) is 0 Å². The molecule has 20 heavy (non-hydrogen) atoms. The second kappa shape index (κ2) is 5.43. The standard InChI is InChI=1S/C13H10FN3O3/c1-9(18)16(11-4-2-3-10(14)7-11)13-8-12(17(19)20)5-6-15-13/h2-8H,1H3. The van der Waals surface area contributed by atoms with E-state index in [1.54, 1.807) is 0 Å². The number of pyridine rings is 1. The Labute approximate surface area is 113 Å². The van der Waals surface area contributed by atoms with Gasteiger partial charge in [-0.25, -0.2) is 9.37 Å². The van der Waals surface area contributed by atoms with Gasteiger partial charge < -0.3 is 0 Å². The predicted octanol–water partition coefficient (Wildman–Crippen LogP) is 2.81. The van der Waals surface area contributed by atoms with Crippen molar-refractivity contribution in [3.05, 3.63) is 58.5 Å². The Morgan fingerprint density at radius 1 is 1.35 bits per heavy atom. The van der Waals surface area contributed by atoms with E-state index in [0.29, 0.717) is 0 Å². The minimum atomic E-state index is -0.588. The molecule has 0 atom stereocenters. The molecular formula is C13H10FN3O3. The third-order valence-electron chi connectivity index (χ3n) is 2.55. The first-order valence-electron chi connectivity index (χ1n) is 5.66. The zero-order valence-electron chi connectivity index (χ0n) is 10.5. The normalized spacial score (nSPS) is 10.1. The average Bonchev–Trinajstić information content (AvgIpc) is 2.39. The minimum Gasteiger partial charge on any atom is -0.274 e. The summed E-state index contributed by atoms with van der Waals surface area (Å²) in [6, 6.07) is 7.73. The van der Waals surface area contributed by atoms with Gasteiger partial charge >= 0.3 is 0 Å². The van der Waals surface area contributed by atoms with Crippen LogP contribution in [0.4, 0.5) is 21.6 Å². The maximum Gasteiger partial charge on any atom is 0.274 e. The minimum absolute atomic E-state index is 0.0669. The van der Waals surface area contributed by atoms with Crippen LogP contribution in [-0.4, -0.2) is 15.8 Å². The molecule has 0 bridgehead atoms. The van der Waals surface area contributed by atoms with Crippen LogP contribution in [0.15, 0.2) is 42.6 Å². The highest BCUT2D eigenvalue weighted by Crippen LogP contribution is 2.26. The first kappa shape index (κ1) is 13.6. The zero-order chi connectivity index (χ0) is 14.7. The lowest BCUT2D eigenvalue weighted by Gasteiger charge is -2.19. The van der Waals surface area contributed by atoms with E-state index < -0.39 is 16.6 Å². The van der Waals surface area contributed by atoms with Gasteiger partial charge in [0.15, 0.2) is 0 Å². The summed E-state index contributed by atoms with van der Waals surface area (Å²) < 4.78 is 13.2. The van der Waals surface area contributed by atoms with Crippen LogP contribution < -0.4 is 4.90 Å². The van der Waals surface area contributed by atoms with Crippen molar-refractivity contribution in [1.29, 1.82) is 0 Å². The quantitative estimate of drug-likeness (QED) is 0.637. The molecule has 1 heterocycles. The Bertz CT molecular complexity index is 675. The molecule has 102 valence electrons. The number of carbonyl (C=O) groups is 1. The summed E-state index contributed by atoms with van der Waals surface area (Å²) >= 11 is 0. The molecular weight excluding hydrogens is 265 g/mol. The topological polar surface area (TPSA) is 76.3 Å². The molecule has 0 spiro atoms. The zero-order valence-corrected chi connectivity index (χ0v) is 10.5. The number of anilines is 2. The molecule has 0 aliphatic rings. The summed E-state index contributed by atoms with van der Waals surface area (Å²) in [6.07, 6.45) is 1.22. The largest absolute Gasteiger partial charge is 0.274 e. The Hall–Kier alpha value is -2.83. The van der Waals surface area contributed by atoms with Crippen LogP contribution in [0.3, 0.4) is 0 Å². The van der Waals surface area contributed by atoms with Crippen molar-refractivity contribution in [2.45, 2.75) is 6.92 Å². The lowest BCUT2D eigenvalue weighted by molar-refractivity contribution is -0.384. The second-order valence-electron chi connectivity index (χ2n) is 3.96. The number of nitrogens with zero attached hydrogens (tertiary/aromatic N) is 3. The molecule has 0 saturated heterocycles. The fourth-order valence-electron chi connectivity index (χ4n) is 1.73. The molecule has 2 rings (SSSR count). The van der Waals surface area contributed by atoms with Crippen LogP contribution in [0.25, 0.3) is 0 Å². The average molecular weight is 275 g/mol. The molecule has 6 nitrogen and oxygen atoms in total. The van der Waals surface area contributed by atoms with E-state index in [1.807, 2.05) is 0 Å². The molecule has 0 unspecified atom stereocenters. The van der Waals surface area contributed by atoms with Gasteiger partial charge in [0.25, 0.3) is 5.69 Å². The van der Waals surface area contributed by atoms with Crippen LogP contribution in [-0.2, 0) is 4.79 Å². The van der Waals surface area contributed by atoms with E-state index in [-0.39, 0.29) is 17.2 Å². The van der Waals surface area contributed by atoms with Gasteiger partial charge in [-0.05, 0) is 18.2 Å². The number of hydrogen-bond donors (Lipinski definition) is 0. The number of nitro groups is 1. The van der Waals surface area contributed by atoms with Crippen molar-refractivity contribution >= 4 is 23.1 Å². The third kappa shape index (κ3) is 2.77. The molecule has 1 amide bonds.